The smallest absolute Gasteiger partial charge is 0.277 e. The van der Waals surface area contributed by atoms with Crippen molar-refractivity contribution in [3.63, 3.8) is 0 Å². The number of carbonyl (C=O) groups is 2. The quantitative estimate of drug-likeness (QED) is 0.268. The maximum absolute atomic E-state index is 13.4. The van der Waals surface area contributed by atoms with Crippen molar-refractivity contribution in [1.82, 2.24) is 9.80 Å². The van der Waals surface area contributed by atoms with Crippen LogP contribution in [-0.2, 0) is 22.6 Å². The van der Waals surface area contributed by atoms with Gasteiger partial charge in [0.15, 0.2) is 0 Å². The number of unbranched alkanes of at least 4 members (excludes halogenated alkanes) is 3. The number of fused-ring (bicyclic) bond motifs is 1. The molecule has 2 aromatic carbocycles. The Morgan fingerprint density at radius 1 is 0.938 bits per heavy atom. The van der Waals surface area contributed by atoms with Crippen molar-refractivity contribution >= 4 is 23.1 Å². The molecule has 0 aromatic heterocycles. The summed E-state index contributed by atoms with van der Waals surface area (Å²) in [5.74, 6) is -0.576. The number of carbonyl (C=O) groups excluding carboxylic acids is 2. The minimum Gasteiger partial charge on any atom is -0.362 e. The zero-order valence-corrected chi connectivity index (χ0v) is 18.3. The van der Waals surface area contributed by atoms with Gasteiger partial charge in [-0.3, -0.25) is 24.6 Å². The molecule has 0 bridgehead atoms. The van der Waals surface area contributed by atoms with E-state index in [1.54, 1.807) is 12.1 Å². The van der Waals surface area contributed by atoms with Gasteiger partial charge < -0.3 is 4.90 Å². The van der Waals surface area contributed by atoms with Crippen LogP contribution in [0.3, 0.4) is 0 Å². The van der Waals surface area contributed by atoms with Crippen LogP contribution in [0.4, 0.5) is 5.69 Å². The number of amides is 2. The summed E-state index contributed by atoms with van der Waals surface area (Å²) in [5.41, 5.74) is 3.66. The highest BCUT2D eigenvalue weighted by molar-refractivity contribution is 6.35. The Balaban J connectivity index is 1.69. The fourth-order valence-electron chi connectivity index (χ4n) is 4.45. The van der Waals surface area contributed by atoms with Crippen LogP contribution in [0.15, 0.2) is 54.2 Å². The fraction of sp³-hybridized carbons (Fsp3) is 0.360. The van der Waals surface area contributed by atoms with Gasteiger partial charge in [0.05, 0.1) is 10.5 Å². The second kappa shape index (κ2) is 9.34. The lowest BCUT2D eigenvalue weighted by Gasteiger charge is -2.31. The maximum Gasteiger partial charge on any atom is 0.277 e. The Morgan fingerprint density at radius 3 is 2.34 bits per heavy atom. The molecular weight excluding hydrogens is 406 g/mol. The molecule has 2 heterocycles. The van der Waals surface area contributed by atoms with E-state index in [1.807, 2.05) is 17.0 Å². The standard InChI is InChI=1S/C25H27N3O4/c1-2-3-4-7-15-27-24(29)22(19-10-12-21(13-11-19)28(31)32)23(25(27)30)26-16-14-18-8-5-6-9-20(18)17-26/h5-6,8-13H,2-4,7,14-17H2,1H3. The van der Waals surface area contributed by atoms with E-state index in [4.69, 9.17) is 0 Å². The molecule has 0 saturated heterocycles. The zero-order valence-electron chi connectivity index (χ0n) is 18.3. The third kappa shape index (κ3) is 4.15. The molecule has 0 spiro atoms. The Hall–Kier alpha value is -3.48. The molecule has 4 rings (SSSR count). The van der Waals surface area contributed by atoms with Crippen LogP contribution >= 0.6 is 0 Å². The number of hydrogen-bond acceptors (Lipinski definition) is 5. The second-order valence-corrected chi connectivity index (χ2v) is 8.29. The van der Waals surface area contributed by atoms with Crippen LogP contribution in [0.2, 0.25) is 0 Å². The highest BCUT2D eigenvalue weighted by Crippen LogP contribution is 2.35. The lowest BCUT2D eigenvalue weighted by atomic mass is 9.98. The van der Waals surface area contributed by atoms with Crippen molar-refractivity contribution in [2.75, 3.05) is 13.1 Å². The fourth-order valence-corrected chi connectivity index (χ4v) is 4.45. The second-order valence-electron chi connectivity index (χ2n) is 8.29. The third-order valence-electron chi connectivity index (χ3n) is 6.19. The summed E-state index contributed by atoms with van der Waals surface area (Å²) in [7, 11) is 0. The lowest BCUT2D eigenvalue weighted by molar-refractivity contribution is -0.384. The Bertz CT molecular complexity index is 1070. The highest BCUT2D eigenvalue weighted by atomic mass is 16.6. The van der Waals surface area contributed by atoms with Crippen molar-refractivity contribution < 1.29 is 14.5 Å². The Kier molecular flexibility index (Phi) is 6.35. The first-order chi connectivity index (χ1) is 15.5. The van der Waals surface area contributed by atoms with Crippen LogP contribution in [0.1, 0.15) is 49.3 Å². The third-order valence-corrected chi connectivity index (χ3v) is 6.19. The van der Waals surface area contributed by atoms with E-state index in [1.165, 1.54) is 22.6 Å². The van der Waals surface area contributed by atoms with E-state index in [0.29, 0.717) is 36.5 Å². The van der Waals surface area contributed by atoms with Crippen molar-refractivity contribution in [2.24, 2.45) is 0 Å². The van der Waals surface area contributed by atoms with Gasteiger partial charge in [-0.2, -0.15) is 0 Å². The first kappa shape index (κ1) is 21.7. The summed E-state index contributed by atoms with van der Waals surface area (Å²) < 4.78 is 0. The average Bonchev–Trinajstić information content (AvgIpc) is 3.06. The summed E-state index contributed by atoms with van der Waals surface area (Å²) in [5, 5.41) is 11.1. The number of nitrogens with zero attached hydrogens (tertiary/aromatic N) is 3. The number of imide groups is 1. The van der Waals surface area contributed by atoms with Gasteiger partial charge in [0.1, 0.15) is 5.70 Å². The van der Waals surface area contributed by atoms with Gasteiger partial charge in [0, 0.05) is 31.8 Å². The van der Waals surface area contributed by atoms with Crippen LogP contribution < -0.4 is 0 Å². The van der Waals surface area contributed by atoms with Crippen molar-refractivity contribution in [2.45, 2.75) is 45.6 Å². The normalized spacial score (nSPS) is 16.0. The molecule has 0 aliphatic carbocycles. The molecule has 0 N–H and O–H groups in total. The van der Waals surface area contributed by atoms with Crippen molar-refractivity contribution in [3.8, 4) is 0 Å². The summed E-state index contributed by atoms with van der Waals surface area (Å²) >= 11 is 0. The molecule has 2 amide bonds. The van der Waals surface area contributed by atoms with Gasteiger partial charge in [0.2, 0.25) is 0 Å². The van der Waals surface area contributed by atoms with E-state index in [-0.39, 0.29) is 17.5 Å². The number of benzene rings is 2. The van der Waals surface area contributed by atoms with Crippen LogP contribution in [-0.4, -0.2) is 39.6 Å². The summed E-state index contributed by atoms with van der Waals surface area (Å²) in [6.07, 6.45) is 4.67. The average molecular weight is 434 g/mol. The Morgan fingerprint density at radius 2 is 1.66 bits per heavy atom. The van der Waals surface area contributed by atoms with Crippen LogP contribution in [0.25, 0.3) is 5.57 Å². The first-order valence-corrected chi connectivity index (χ1v) is 11.2. The van der Waals surface area contributed by atoms with E-state index in [9.17, 15) is 19.7 Å². The lowest BCUT2D eigenvalue weighted by Crippen LogP contribution is -2.37. The predicted molar refractivity (Wildman–Crippen MR) is 121 cm³/mol. The van der Waals surface area contributed by atoms with Crippen molar-refractivity contribution in [1.29, 1.82) is 0 Å². The molecule has 0 fully saturated rings. The van der Waals surface area contributed by atoms with Crippen molar-refractivity contribution in [3.05, 3.63) is 81.0 Å². The van der Waals surface area contributed by atoms with Gasteiger partial charge in [0.25, 0.3) is 17.5 Å². The molecule has 166 valence electrons. The van der Waals surface area contributed by atoms with Gasteiger partial charge in [-0.05, 0) is 41.7 Å². The van der Waals surface area contributed by atoms with Gasteiger partial charge in [-0.15, -0.1) is 0 Å². The van der Waals surface area contributed by atoms with E-state index >= 15 is 0 Å². The molecule has 0 saturated carbocycles. The number of rotatable bonds is 8. The monoisotopic (exact) mass is 433 g/mol. The number of nitro benzene ring substituents is 1. The Labute approximate surface area is 187 Å². The number of non-ortho nitro benzene ring substituents is 1. The van der Waals surface area contributed by atoms with E-state index < -0.39 is 4.92 Å². The first-order valence-electron chi connectivity index (χ1n) is 11.2. The molecule has 7 heteroatoms. The number of nitro groups is 1. The molecule has 2 aromatic rings. The largest absolute Gasteiger partial charge is 0.362 e. The maximum atomic E-state index is 13.4. The molecule has 2 aliphatic rings. The molecule has 7 nitrogen and oxygen atoms in total. The van der Waals surface area contributed by atoms with Crippen LogP contribution in [0.5, 0.6) is 0 Å². The van der Waals surface area contributed by atoms with E-state index in [0.717, 1.165) is 37.7 Å². The number of hydrogen-bond donors (Lipinski definition) is 0. The van der Waals surface area contributed by atoms with Gasteiger partial charge in [-0.1, -0.05) is 50.5 Å². The van der Waals surface area contributed by atoms with Gasteiger partial charge in [-0.25, -0.2) is 0 Å². The molecular formula is C25H27N3O4. The zero-order chi connectivity index (χ0) is 22.7. The molecule has 0 atom stereocenters. The summed E-state index contributed by atoms with van der Waals surface area (Å²) in [6, 6.07) is 14.0. The minimum absolute atomic E-state index is 0.0454. The predicted octanol–water partition coefficient (Wildman–Crippen LogP) is 4.31. The highest BCUT2D eigenvalue weighted by Gasteiger charge is 2.41. The van der Waals surface area contributed by atoms with Gasteiger partial charge >= 0.3 is 0 Å². The van der Waals surface area contributed by atoms with Crippen LogP contribution in [0, 0.1) is 10.1 Å². The summed E-state index contributed by atoms with van der Waals surface area (Å²) in [4.78, 5) is 40.8. The molecule has 2 aliphatic heterocycles. The molecule has 0 unspecified atom stereocenters. The van der Waals surface area contributed by atoms with E-state index in [2.05, 4.69) is 19.1 Å². The topological polar surface area (TPSA) is 83.8 Å². The summed E-state index contributed by atoms with van der Waals surface area (Å²) in [6.45, 7) is 3.71. The SMILES string of the molecule is CCCCCCN1C(=O)C(c2ccc([N+](=O)[O-])cc2)=C(N2CCc3ccccc3C2)C1=O. The molecule has 0 radical (unpaired) electrons. The molecule has 32 heavy (non-hydrogen) atoms. The minimum atomic E-state index is -0.470.